The third-order valence-electron chi connectivity index (χ3n) is 3.48. The average Bonchev–Trinajstić information content (AvgIpc) is 2.95. The molecule has 96 valence electrons. The van der Waals surface area contributed by atoms with E-state index in [9.17, 15) is 5.11 Å². The zero-order valence-electron chi connectivity index (χ0n) is 10.5. The van der Waals surface area contributed by atoms with Gasteiger partial charge in [0.1, 0.15) is 0 Å². The van der Waals surface area contributed by atoms with Crippen molar-refractivity contribution in [3.63, 3.8) is 0 Å². The van der Waals surface area contributed by atoms with Crippen LogP contribution >= 0.6 is 11.8 Å². The average molecular weight is 254 g/mol. The summed E-state index contributed by atoms with van der Waals surface area (Å²) in [6.45, 7) is 0. The number of hydrogen-bond acceptors (Lipinski definition) is 3. The molecule has 0 bridgehead atoms. The zero-order valence-corrected chi connectivity index (χ0v) is 11.3. The SMILES string of the molecule is Cn1nccc1CCC(O)CSC1CCCC1. The number of aryl methyl sites for hydroxylation is 2. The van der Waals surface area contributed by atoms with Gasteiger partial charge in [-0.25, -0.2) is 0 Å². The van der Waals surface area contributed by atoms with Crippen LogP contribution in [0.2, 0.25) is 0 Å². The number of rotatable bonds is 6. The molecule has 1 aromatic rings. The van der Waals surface area contributed by atoms with E-state index in [2.05, 4.69) is 5.10 Å². The summed E-state index contributed by atoms with van der Waals surface area (Å²) in [5.41, 5.74) is 1.20. The highest BCUT2D eigenvalue weighted by molar-refractivity contribution is 7.99. The Hall–Kier alpha value is -0.480. The predicted octanol–water partition coefficient (Wildman–Crippen LogP) is 2.39. The number of aromatic nitrogens is 2. The first kappa shape index (κ1) is 13.0. The van der Waals surface area contributed by atoms with Crippen LogP contribution in [0.15, 0.2) is 12.3 Å². The van der Waals surface area contributed by atoms with Crippen LogP contribution in [0, 0.1) is 0 Å². The molecular formula is C13H22N2OS. The van der Waals surface area contributed by atoms with Crippen LogP contribution in [0.5, 0.6) is 0 Å². The van der Waals surface area contributed by atoms with E-state index in [0.717, 1.165) is 23.8 Å². The first-order valence-corrected chi connectivity index (χ1v) is 7.57. The van der Waals surface area contributed by atoms with Crippen molar-refractivity contribution in [2.45, 2.75) is 49.9 Å². The lowest BCUT2D eigenvalue weighted by Gasteiger charge is -2.13. The maximum Gasteiger partial charge on any atom is 0.0634 e. The van der Waals surface area contributed by atoms with Gasteiger partial charge in [0, 0.05) is 29.9 Å². The molecule has 1 N–H and O–H groups in total. The van der Waals surface area contributed by atoms with Crippen molar-refractivity contribution in [3.05, 3.63) is 18.0 Å². The van der Waals surface area contributed by atoms with Gasteiger partial charge in [-0.3, -0.25) is 4.68 Å². The van der Waals surface area contributed by atoms with Crippen LogP contribution < -0.4 is 0 Å². The molecule has 1 aliphatic rings. The van der Waals surface area contributed by atoms with E-state index in [0.29, 0.717) is 0 Å². The fourth-order valence-electron chi connectivity index (χ4n) is 2.35. The number of nitrogens with zero attached hydrogens (tertiary/aromatic N) is 2. The van der Waals surface area contributed by atoms with Crippen LogP contribution in [-0.4, -0.2) is 32.0 Å². The van der Waals surface area contributed by atoms with Crippen molar-refractivity contribution in [2.75, 3.05) is 5.75 Å². The van der Waals surface area contributed by atoms with Crippen LogP contribution in [0.4, 0.5) is 0 Å². The molecule has 1 heterocycles. The lowest BCUT2D eigenvalue weighted by Crippen LogP contribution is -2.14. The van der Waals surface area contributed by atoms with Crippen molar-refractivity contribution >= 4 is 11.8 Å². The van der Waals surface area contributed by atoms with E-state index in [1.54, 1.807) is 0 Å². The molecule has 0 amide bonds. The topological polar surface area (TPSA) is 38.0 Å². The molecule has 4 heteroatoms. The van der Waals surface area contributed by atoms with Crippen molar-refractivity contribution in [1.29, 1.82) is 0 Å². The number of aliphatic hydroxyl groups excluding tert-OH is 1. The highest BCUT2D eigenvalue weighted by atomic mass is 32.2. The van der Waals surface area contributed by atoms with Gasteiger partial charge in [0.2, 0.25) is 0 Å². The van der Waals surface area contributed by atoms with Gasteiger partial charge >= 0.3 is 0 Å². The molecule has 3 nitrogen and oxygen atoms in total. The van der Waals surface area contributed by atoms with Crippen LogP contribution in [0.1, 0.15) is 37.8 Å². The van der Waals surface area contributed by atoms with Gasteiger partial charge in [-0.15, -0.1) is 0 Å². The van der Waals surface area contributed by atoms with Crippen molar-refractivity contribution in [1.82, 2.24) is 9.78 Å². The van der Waals surface area contributed by atoms with E-state index in [4.69, 9.17) is 0 Å². The summed E-state index contributed by atoms with van der Waals surface area (Å²) in [6.07, 6.45) is 8.86. The minimum absolute atomic E-state index is 0.171. The highest BCUT2D eigenvalue weighted by Gasteiger charge is 2.17. The van der Waals surface area contributed by atoms with E-state index in [1.165, 1.54) is 31.4 Å². The summed E-state index contributed by atoms with van der Waals surface area (Å²) in [5.74, 6) is 0.891. The Morgan fingerprint density at radius 2 is 2.29 bits per heavy atom. The molecule has 0 saturated heterocycles. The second kappa shape index (κ2) is 6.45. The Morgan fingerprint density at radius 3 is 2.94 bits per heavy atom. The monoisotopic (exact) mass is 254 g/mol. The summed E-state index contributed by atoms with van der Waals surface area (Å²) in [7, 11) is 1.95. The second-order valence-corrected chi connectivity index (χ2v) is 6.21. The summed E-state index contributed by atoms with van der Waals surface area (Å²) in [5, 5.41) is 14.9. The van der Waals surface area contributed by atoms with Gasteiger partial charge in [0.15, 0.2) is 0 Å². The fraction of sp³-hybridized carbons (Fsp3) is 0.769. The molecule has 1 unspecified atom stereocenters. The van der Waals surface area contributed by atoms with Crippen molar-refractivity contribution in [2.24, 2.45) is 7.05 Å². The fourth-order valence-corrected chi connectivity index (χ4v) is 3.67. The van der Waals surface area contributed by atoms with E-state index in [1.807, 2.05) is 35.8 Å². The normalized spacial score (nSPS) is 18.7. The lowest BCUT2D eigenvalue weighted by molar-refractivity contribution is 0.188. The van der Waals surface area contributed by atoms with Crippen LogP contribution in [0.25, 0.3) is 0 Å². The molecule has 0 aromatic carbocycles. The maximum absolute atomic E-state index is 9.95. The zero-order chi connectivity index (χ0) is 12.1. The molecule has 0 aliphatic heterocycles. The predicted molar refractivity (Wildman–Crippen MR) is 72.2 cm³/mol. The summed E-state index contributed by atoms with van der Waals surface area (Å²) in [4.78, 5) is 0. The third kappa shape index (κ3) is 4.03. The summed E-state index contributed by atoms with van der Waals surface area (Å²) >= 11 is 1.96. The summed E-state index contributed by atoms with van der Waals surface area (Å²) in [6, 6.07) is 2.02. The second-order valence-electron chi connectivity index (χ2n) is 4.88. The summed E-state index contributed by atoms with van der Waals surface area (Å²) < 4.78 is 1.89. The largest absolute Gasteiger partial charge is 0.392 e. The Morgan fingerprint density at radius 1 is 1.53 bits per heavy atom. The molecular weight excluding hydrogens is 232 g/mol. The van der Waals surface area contributed by atoms with Gasteiger partial charge in [0.05, 0.1) is 6.10 Å². The molecule has 1 saturated carbocycles. The Balaban J connectivity index is 1.63. The van der Waals surface area contributed by atoms with Gasteiger partial charge in [0.25, 0.3) is 0 Å². The molecule has 0 radical (unpaired) electrons. The molecule has 1 atom stereocenters. The molecule has 0 spiro atoms. The molecule has 2 rings (SSSR count). The van der Waals surface area contributed by atoms with E-state index >= 15 is 0 Å². The quantitative estimate of drug-likeness (QED) is 0.847. The lowest BCUT2D eigenvalue weighted by atomic mass is 10.2. The number of thioether (sulfide) groups is 1. The number of aliphatic hydroxyl groups is 1. The minimum Gasteiger partial charge on any atom is -0.392 e. The standard InChI is InChI=1S/C13H22N2OS/c1-15-11(8-9-14-15)6-7-12(16)10-17-13-4-2-3-5-13/h8-9,12-13,16H,2-7,10H2,1H3. The number of hydrogen-bond donors (Lipinski definition) is 1. The maximum atomic E-state index is 9.95. The first-order valence-electron chi connectivity index (χ1n) is 6.52. The Kier molecular flexibility index (Phi) is 4.92. The molecule has 1 aliphatic carbocycles. The van der Waals surface area contributed by atoms with Crippen molar-refractivity contribution in [3.8, 4) is 0 Å². The van der Waals surface area contributed by atoms with E-state index in [-0.39, 0.29) is 6.10 Å². The van der Waals surface area contributed by atoms with Gasteiger partial charge < -0.3 is 5.11 Å². The van der Waals surface area contributed by atoms with Crippen LogP contribution in [0.3, 0.4) is 0 Å². The van der Waals surface area contributed by atoms with Gasteiger partial charge in [-0.2, -0.15) is 16.9 Å². The molecule has 17 heavy (non-hydrogen) atoms. The molecule has 1 fully saturated rings. The van der Waals surface area contributed by atoms with E-state index < -0.39 is 0 Å². The minimum atomic E-state index is -0.171. The first-order chi connectivity index (χ1) is 8.25. The smallest absolute Gasteiger partial charge is 0.0634 e. The van der Waals surface area contributed by atoms with Crippen LogP contribution in [-0.2, 0) is 13.5 Å². The molecule has 1 aromatic heterocycles. The van der Waals surface area contributed by atoms with Crippen molar-refractivity contribution < 1.29 is 5.11 Å². The Bertz CT molecular complexity index is 334. The third-order valence-corrected chi connectivity index (χ3v) is 5.00. The van der Waals surface area contributed by atoms with Gasteiger partial charge in [-0.05, 0) is 31.7 Å². The highest BCUT2D eigenvalue weighted by Crippen LogP contribution is 2.30. The Labute approximate surface area is 108 Å². The van der Waals surface area contributed by atoms with Gasteiger partial charge in [-0.1, -0.05) is 12.8 Å².